The molecule has 2 N–H and O–H groups in total. The third-order valence-electron chi connectivity index (χ3n) is 4.89. The summed E-state index contributed by atoms with van der Waals surface area (Å²) in [5, 5.41) is 5.20. The van der Waals surface area contributed by atoms with Crippen LogP contribution in [0.5, 0.6) is 0 Å². The van der Waals surface area contributed by atoms with E-state index in [0.717, 1.165) is 10.5 Å². The van der Waals surface area contributed by atoms with Crippen molar-refractivity contribution in [2.75, 3.05) is 39.3 Å². The van der Waals surface area contributed by atoms with E-state index in [0.29, 0.717) is 13.1 Å². The highest BCUT2D eigenvalue weighted by molar-refractivity contribution is 6.22. The van der Waals surface area contributed by atoms with Crippen molar-refractivity contribution in [3.05, 3.63) is 34.9 Å². The Kier molecular flexibility index (Phi) is 7.25. The van der Waals surface area contributed by atoms with Gasteiger partial charge < -0.3 is 10.6 Å². The van der Waals surface area contributed by atoms with E-state index in [1.165, 1.54) is 11.0 Å². The summed E-state index contributed by atoms with van der Waals surface area (Å²) < 4.78 is 40.1. The first kappa shape index (κ1) is 23.1. The maximum Gasteiger partial charge on any atom is 0.405 e. The first-order valence-corrected chi connectivity index (χ1v) is 8.93. The van der Waals surface area contributed by atoms with Crippen LogP contribution in [0.1, 0.15) is 26.3 Å². The number of aryl methyl sites for hydroxylation is 1. The van der Waals surface area contributed by atoms with Gasteiger partial charge in [-0.15, -0.1) is 12.4 Å². The molecule has 1 aromatic rings. The molecular formula is C18H22ClF3N4O3. The van der Waals surface area contributed by atoms with E-state index >= 15 is 0 Å². The van der Waals surface area contributed by atoms with E-state index in [9.17, 15) is 27.6 Å². The number of carbonyl (C=O) groups is 3. The number of hydrogen-bond donors (Lipinski definition) is 2. The smallest absolute Gasteiger partial charge is 0.353 e. The Morgan fingerprint density at radius 1 is 1.17 bits per heavy atom. The standard InChI is InChI=1S/C18H21F3N4O3.ClH/c1-11-2-3-12-13(8-11)17(28)25(16(12)27)10-15(26)23-9-14(18(19,20)21)24-6-4-22-5-7-24;/h2-3,8,14,22H,4-7,9-10H2,1H3,(H,23,26);1H. The Labute approximate surface area is 172 Å². The number of imide groups is 1. The van der Waals surface area contributed by atoms with Gasteiger partial charge in [0.05, 0.1) is 11.1 Å². The van der Waals surface area contributed by atoms with Gasteiger partial charge >= 0.3 is 6.18 Å². The summed E-state index contributed by atoms with van der Waals surface area (Å²) in [4.78, 5) is 38.9. The summed E-state index contributed by atoms with van der Waals surface area (Å²) in [7, 11) is 0. The van der Waals surface area contributed by atoms with Crippen molar-refractivity contribution in [1.82, 2.24) is 20.4 Å². The van der Waals surface area contributed by atoms with Crippen molar-refractivity contribution in [3.63, 3.8) is 0 Å². The number of nitrogens with one attached hydrogen (secondary N) is 2. The lowest BCUT2D eigenvalue weighted by Crippen LogP contribution is -2.58. The Morgan fingerprint density at radius 3 is 2.41 bits per heavy atom. The second kappa shape index (κ2) is 9.10. The van der Waals surface area contributed by atoms with E-state index in [4.69, 9.17) is 0 Å². The molecule has 1 aromatic carbocycles. The van der Waals surface area contributed by atoms with Crippen LogP contribution < -0.4 is 10.6 Å². The second-order valence-corrected chi connectivity index (χ2v) is 6.89. The molecule has 11 heteroatoms. The van der Waals surface area contributed by atoms with Crippen LogP contribution in [0.25, 0.3) is 0 Å². The van der Waals surface area contributed by atoms with Gasteiger partial charge in [0.2, 0.25) is 5.91 Å². The van der Waals surface area contributed by atoms with Gasteiger partial charge in [0.15, 0.2) is 0 Å². The summed E-state index contributed by atoms with van der Waals surface area (Å²) in [6.07, 6.45) is -4.50. The van der Waals surface area contributed by atoms with Crippen LogP contribution in [-0.2, 0) is 4.79 Å². The highest BCUT2D eigenvalue weighted by Gasteiger charge is 2.44. The lowest BCUT2D eigenvalue weighted by molar-refractivity contribution is -0.184. The van der Waals surface area contributed by atoms with E-state index in [-0.39, 0.29) is 36.6 Å². The highest BCUT2D eigenvalue weighted by atomic mass is 35.5. The number of benzene rings is 1. The number of halogens is 4. The Morgan fingerprint density at radius 2 is 1.79 bits per heavy atom. The number of amides is 3. The van der Waals surface area contributed by atoms with E-state index in [1.54, 1.807) is 19.1 Å². The van der Waals surface area contributed by atoms with Crippen LogP contribution in [0, 0.1) is 6.92 Å². The second-order valence-electron chi connectivity index (χ2n) is 6.89. The number of hydrogen-bond acceptors (Lipinski definition) is 5. The fraction of sp³-hybridized carbons (Fsp3) is 0.500. The van der Waals surface area contributed by atoms with Gasteiger partial charge in [0.25, 0.3) is 11.8 Å². The van der Waals surface area contributed by atoms with Crippen LogP contribution >= 0.6 is 12.4 Å². The lowest BCUT2D eigenvalue weighted by Gasteiger charge is -2.36. The average molecular weight is 435 g/mol. The molecule has 3 rings (SSSR count). The van der Waals surface area contributed by atoms with Crippen molar-refractivity contribution in [2.45, 2.75) is 19.1 Å². The zero-order valence-electron chi connectivity index (χ0n) is 15.7. The van der Waals surface area contributed by atoms with Gasteiger partial charge in [-0.1, -0.05) is 11.6 Å². The third-order valence-corrected chi connectivity index (χ3v) is 4.89. The highest BCUT2D eigenvalue weighted by Crippen LogP contribution is 2.25. The molecule has 0 bridgehead atoms. The topological polar surface area (TPSA) is 81.8 Å². The number of nitrogens with zero attached hydrogens (tertiary/aromatic N) is 2. The Balaban J connectivity index is 0.00000300. The monoisotopic (exact) mass is 434 g/mol. The molecule has 1 unspecified atom stereocenters. The minimum absolute atomic E-state index is 0. The summed E-state index contributed by atoms with van der Waals surface area (Å²) in [6, 6.07) is 2.92. The van der Waals surface area contributed by atoms with Crippen molar-refractivity contribution >= 4 is 30.1 Å². The van der Waals surface area contributed by atoms with Crippen LogP contribution in [0.2, 0.25) is 0 Å². The van der Waals surface area contributed by atoms with Crippen LogP contribution in [-0.4, -0.2) is 79.0 Å². The van der Waals surface area contributed by atoms with Gasteiger partial charge in [-0.3, -0.25) is 24.2 Å². The zero-order chi connectivity index (χ0) is 20.5. The quantitative estimate of drug-likeness (QED) is 0.675. The van der Waals surface area contributed by atoms with Crippen molar-refractivity contribution in [3.8, 4) is 0 Å². The van der Waals surface area contributed by atoms with Crippen LogP contribution in [0.4, 0.5) is 13.2 Å². The number of alkyl halides is 3. The molecule has 0 spiro atoms. The minimum atomic E-state index is -4.50. The largest absolute Gasteiger partial charge is 0.405 e. The molecule has 160 valence electrons. The molecule has 0 saturated carbocycles. The Bertz CT molecular complexity index is 797. The number of rotatable bonds is 5. The number of piperazine rings is 1. The lowest BCUT2D eigenvalue weighted by atomic mass is 10.1. The first-order chi connectivity index (χ1) is 13.2. The molecule has 7 nitrogen and oxygen atoms in total. The van der Waals surface area contributed by atoms with E-state index < -0.39 is 43.0 Å². The molecular weight excluding hydrogens is 413 g/mol. The predicted molar refractivity (Wildman–Crippen MR) is 101 cm³/mol. The maximum atomic E-state index is 13.4. The molecule has 0 aliphatic carbocycles. The summed E-state index contributed by atoms with van der Waals surface area (Å²) in [5.41, 5.74) is 1.18. The van der Waals surface area contributed by atoms with Gasteiger partial charge in [-0.25, -0.2) is 0 Å². The molecule has 1 saturated heterocycles. The zero-order valence-corrected chi connectivity index (χ0v) is 16.5. The molecule has 0 radical (unpaired) electrons. The normalized spacial score (nSPS) is 18.3. The minimum Gasteiger partial charge on any atom is -0.353 e. The fourth-order valence-corrected chi connectivity index (χ4v) is 3.40. The predicted octanol–water partition coefficient (Wildman–Crippen LogP) is 0.965. The van der Waals surface area contributed by atoms with Crippen molar-refractivity contribution in [1.29, 1.82) is 0 Å². The molecule has 29 heavy (non-hydrogen) atoms. The van der Waals surface area contributed by atoms with Gasteiger partial charge in [0, 0.05) is 32.7 Å². The van der Waals surface area contributed by atoms with Crippen molar-refractivity contribution < 1.29 is 27.6 Å². The molecule has 2 aliphatic rings. The summed E-state index contributed by atoms with van der Waals surface area (Å²) >= 11 is 0. The average Bonchev–Trinajstić information content (AvgIpc) is 2.86. The number of carbonyl (C=O) groups excluding carboxylic acids is 3. The summed E-state index contributed by atoms with van der Waals surface area (Å²) in [6.45, 7) is 1.84. The SMILES string of the molecule is Cc1ccc2c(c1)C(=O)N(CC(=O)NCC(N1CCNCC1)C(F)(F)F)C2=O.Cl. The molecule has 2 aliphatic heterocycles. The fourth-order valence-electron chi connectivity index (χ4n) is 3.40. The maximum absolute atomic E-state index is 13.4. The van der Waals surface area contributed by atoms with E-state index in [2.05, 4.69) is 10.6 Å². The van der Waals surface area contributed by atoms with Gasteiger partial charge in [-0.05, 0) is 19.1 Å². The molecule has 0 aromatic heterocycles. The Hall–Kier alpha value is -2.17. The molecule has 2 heterocycles. The van der Waals surface area contributed by atoms with Gasteiger partial charge in [-0.2, -0.15) is 13.2 Å². The van der Waals surface area contributed by atoms with Crippen molar-refractivity contribution in [2.24, 2.45) is 0 Å². The molecule has 3 amide bonds. The number of fused-ring (bicyclic) bond motifs is 1. The summed E-state index contributed by atoms with van der Waals surface area (Å²) in [5.74, 6) is -2.05. The van der Waals surface area contributed by atoms with Gasteiger partial charge in [0.1, 0.15) is 12.6 Å². The first-order valence-electron chi connectivity index (χ1n) is 8.93. The molecule has 1 fully saturated rings. The molecule has 1 atom stereocenters. The van der Waals surface area contributed by atoms with Crippen LogP contribution in [0.15, 0.2) is 18.2 Å². The van der Waals surface area contributed by atoms with E-state index in [1.807, 2.05) is 0 Å². The third kappa shape index (κ3) is 5.06. The van der Waals surface area contributed by atoms with Crippen LogP contribution in [0.3, 0.4) is 0 Å².